The lowest BCUT2D eigenvalue weighted by Crippen LogP contribution is -2.49. The van der Waals surface area contributed by atoms with E-state index in [-0.39, 0.29) is 0 Å². The number of imidazole rings is 1. The highest BCUT2D eigenvalue weighted by Crippen LogP contribution is 2.28. The van der Waals surface area contributed by atoms with E-state index < -0.39 is 0 Å². The number of hydrogen-bond acceptors (Lipinski definition) is 4. The quantitative estimate of drug-likeness (QED) is 0.408. The zero-order valence-electron chi connectivity index (χ0n) is 18.7. The minimum Gasteiger partial charge on any atom is -0.493 e. The van der Waals surface area contributed by atoms with Crippen molar-refractivity contribution >= 4 is 5.96 Å². The highest BCUT2D eigenvalue weighted by molar-refractivity contribution is 5.80. The summed E-state index contributed by atoms with van der Waals surface area (Å²) in [4.78, 5) is 11.5. The first-order chi connectivity index (χ1) is 14.7. The number of piperidine rings is 1. The van der Waals surface area contributed by atoms with Crippen molar-refractivity contribution in [2.75, 3.05) is 40.4 Å². The van der Waals surface area contributed by atoms with Gasteiger partial charge in [-0.25, -0.2) is 4.98 Å². The Morgan fingerprint density at radius 1 is 1.27 bits per heavy atom. The Bertz CT molecular complexity index is 806. The highest BCUT2D eigenvalue weighted by Gasteiger charge is 2.28. The molecule has 3 rings (SSSR count). The number of aromatic nitrogens is 2. The van der Waals surface area contributed by atoms with Crippen LogP contribution in [0.5, 0.6) is 11.5 Å². The van der Waals surface area contributed by atoms with Crippen molar-refractivity contribution in [1.82, 2.24) is 19.8 Å². The molecule has 0 spiro atoms. The lowest BCUT2D eigenvalue weighted by atomic mass is 9.93. The van der Waals surface area contributed by atoms with Crippen LogP contribution < -0.4 is 14.8 Å². The van der Waals surface area contributed by atoms with Gasteiger partial charge in [-0.1, -0.05) is 13.0 Å². The second-order valence-electron chi connectivity index (χ2n) is 7.82. The lowest BCUT2D eigenvalue weighted by Gasteiger charge is -2.39. The predicted octanol–water partition coefficient (Wildman–Crippen LogP) is 3.38. The van der Waals surface area contributed by atoms with E-state index in [4.69, 9.17) is 14.5 Å². The first kappa shape index (κ1) is 22.0. The topological polar surface area (TPSA) is 63.9 Å². The highest BCUT2D eigenvalue weighted by atomic mass is 16.5. The van der Waals surface area contributed by atoms with Gasteiger partial charge < -0.3 is 24.3 Å². The zero-order chi connectivity index (χ0) is 21.3. The molecule has 0 aliphatic carbocycles. The molecule has 30 heavy (non-hydrogen) atoms. The smallest absolute Gasteiger partial charge is 0.193 e. The van der Waals surface area contributed by atoms with Crippen LogP contribution in [0.1, 0.15) is 38.3 Å². The third-order valence-electron chi connectivity index (χ3n) is 5.79. The van der Waals surface area contributed by atoms with Crippen LogP contribution in [0, 0.1) is 5.92 Å². The van der Waals surface area contributed by atoms with E-state index in [2.05, 4.69) is 51.9 Å². The van der Waals surface area contributed by atoms with Crippen LogP contribution in [0.15, 0.2) is 41.9 Å². The van der Waals surface area contributed by atoms with E-state index in [0.717, 1.165) is 62.9 Å². The Morgan fingerprint density at radius 3 is 2.80 bits per heavy atom. The molecule has 2 unspecified atom stereocenters. The Kier molecular flexibility index (Phi) is 7.99. The normalized spacial score (nSPS) is 19.6. The molecule has 0 radical (unpaired) electrons. The summed E-state index contributed by atoms with van der Waals surface area (Å²) in [5.41, 5.74) is 1.24. The van der Waals surface area contributed by atoms with E-state index in [0.29, 0.717) is 12.0 Å². The first-order valence-electron chi connectivity index (χ1n) is 10.9. The number of aryl methyl sites for hydroxylation is 1. The van der Waals surface area contributed by atoms with Gasteiger partial charge in [-0.05, 0) is 49.8 Å². The number of aliphatic imine (C=N–C) groups is 1. The Morgan fingerprint density at radius 2 is 2.10 bits per heavy atom. The monoisotopic (exact) mass is 413 g/mol. The Labute approximate surface area is 180 Å². The van der Waals surface area contributed by atoms with Gasteiger partial charge in [0, 0.05) is 38.6 Å². The second-order valence-corrected chi connectivity index (χ2v) is 7.82. The largest absolute Gasteiger partial charge is 0.493 e. The maximum Gasteiger partial charge on any atom is 0.193 e. The molecule has 0 saturated carbocycles. The minimum absolute atomic E-state index is 0.428. The summed E-state index contributed by atoms with van der Waals surface area (Å²) < 4.78 is 13.0. The van der Waals surface area contributed by atoms with Crippen LogP contribution in [0.4, 0.5) is 0 Å². The molecule has 1 aromatic heterocycles. The lowest BCUT2D eigenvalue weighted by molar-refractivity contribution is 0.189. The summed E-state index contributed by atoms with van der Waals surface area (Å²) >= 11 is 0. The zero-order valence-corrected chi connectivity index (χ0v) is 18.7. The second kappa shape index (κ2) is 10.9. The molecule has 2 aromatic rings. The average molecular weight is 414 g/mol. The van der Waals surface area contributed by atoms with E-state index in [1.165, 1.54) is 5.56 Å². The van der Waals surface area contributed by atoms with Gasteiger partial charge in [0.05, 0.1) is 26.6 Å². The number of methoxy groups -OCH3 is 2. The van der Waals surface area contributed by atoms with Crippen molar-refractivity contribution in [2.24, 2.45) is 10.9 Å². The summed E-state index contributed by atoms with van der Waals surface area (Å²) in [5.74, 6) is 3.19. The molecule has 0 amide bonds. The van der Waals surface area contributed by atoms with Crippen molar-refractivity contribution in [1.29, 1.82) is 0 Å². The van der Waals surface area contributed by atoms with Crippen molar-refractivity contribution in [3.8, 4) is 11.5 Å². The van der Waals surface area contributed by atoms with Crippen LogP contribution in [0.2, 0.25) is 0 Å². The molecular formula is C23H35N5O2. The van der Waals surface area contributed by atoms with Crippen LogP contribution in [0.25, 0.3) is 0 Å². The molecule has 1 saturated heterocycles. The standard InChI is InChI=1S/C23H35N5O2/c1-5-25-23(27-13-10-18(2)20(16-27)28-14-12-24-17-28)26-11-6-7-19-8-9-21(29-3)22(15-19)30-4/h8-9,12,14-15,17-18,20H,5-7,10-11,13,16H2,1-4H3,(H,25,26). The van der Waals surface area contributed by atoms with Gasteiger partial charge in [0.2, 0.25) is 0 Å². The number of nitrogens with one attached hydrogen (secondary N) is 1. The molecular weight excluding hydrogens is 378 g/mol. The van der Waals surface area contributed by atoms with Gasteiger partial charge in [-0.3, -0.25) is 4.99 Å². The van der Waals surface area contributed by atoms with Crippen molar-refractivity contribution in [3.63, 3.8) is 0 Å². The number of ether oxygens (including phenoxy) is 2. The number of rotatable bonds is 8. The fourth-order valence-corrected chi connectivity index (χ4v) is 4.03. The van der Waals surface area contributed by atoms with Gasteiger partial charge in [-0.15, -0.1) is 0 Å². The molecule has 7 nitrogen and oxygen atoms in total. The summed E-state index contributed by atoms with van der Waals surface area (Å²) in [6.07, 6.45) is 8.95. The average Bonchev–Trinajstić information content (AvgIpc) is 3.31. The molecule has 0 bridgehead atoms. The molecule has 7 heteroatoms. The maximum absolute atomic E-state index is 5.41. The van der Waals surface area contributed by atoms with Gasteiger partial charge in [0.1, 0.15) is 0 Å². The molecule has 1 aliphatic rings. The van der Waals surface area contributed by atoms with E-state index in [1.54, 1.807) is 14.2 Å². The Balaban J connectivity index is 1.59. The summed E-state index contributed by atoms with van der Waals surface area (Å²) in [7, 11) is 3.33. The fourth-order valence-electron chi connectivity index (χ4n) is 4.03. The molecule has 1 aliphatic heterocycles. The molecule has 1 N–H and O–H groups in total. The molecule has 2 heterocycles. The van der Waals surface area contributed by atoms with Crippen LogP contribution in [0.3, 0.4) is 0 Å². The third kappa shape index (κ3) is 5.46. The van der Waals surface area contributed by atoms with E-state index in [1.807, 2.05) is 18.6 Å². The maximum atomic E-state index is 5.41. The van der Waals surface area contributed by atoms with E-state index in [9.17, 15) is 0 Å². The number of nitrogens with zero attached hydrogens (tertiary/aromatic N) is 4. The van der Waals surface area contributed by atoms with Gasteiger partial charge in [-0.2, -0.15) is 0 Å². The number of hydrogen-bond donors (Lipinski definition) is 1. The van der Waals surface area contributed by atoms with Crippen LogP contribution >= 0.6 is 0 Å². The molecule has 1 fully saturated rings. The van der Waals surface area contributed by atoms with Crippen LogP contribution in [-0.2, 0) is 6.42 Å². The third-order valence-corrected chi connectivity index (χ3v) is 5.79. The van der Waals surface area contributed by atoms with Gasteiger partial charge in [0.15, 0.2) is 17.5 Å². The first-order valence-corrected chi connectivity index (χ1v) is 10.9. The van der Waals surface area contributed by atoms with Gasteiger partial charge in [0.25, 0.3) is 0 Å². The van der Waals surface area contributed by atoms with Crippen molar-refractivity contribution < 1.29 is 9.47 Å². The van der Waals surface area contributed by atoms with Crippen molar-refractivity contribution in [2.45, 2.75) is 39.2 Å². The predicted molar refractivity (Wildman–Crippen MR) is 120 cm³/mol. The summed E-state index contributed by atoms with van der Waals surface area (Å²) in [6.45, 7) is 8.11. The van der Waals surface area contributed by atoms with Crippen molar-refractivity contribution in [3.05, 3.63) is 42.5 Å². The molecule has 164 valence electrons. The number of guanidine groups is 1. The molecule has 2 atom stereocenters. The van der Waals surface area contributed by atoms with Gasteiger partial charge >= 0.3 is 0 Å². The summed E-state index contributed by atoms with van der Waals surface area (Å²) in [5, 5.41) is 3.48. The summed E-state index contributed by atoms with van der Waals surface area (Å²) in [6, 6.07) is 6.54. The van der Waals surface area contributed by atoms with Crippen LogP contribution in [-0.4, -0.2) is 60.8 Å². The number of benzene rings is 1. The fraction of sp³-hybridized carbons (Fsp3) is 0.565. The minimum atomic E-state index is 0.428. The number of likely N-dealkylation sites (tertiary alicyclic amines) is 1. The molecule has 1 aromatic carbocycles. The SMILES string of the molecule is CCNC(=NCCCc1ccc(OC)c(OC)c1)N1CCC(C)C(n2ccnc2)C1. The van der Waals surface area contributed by atoms with E-state index >= 15 is 0 Å². The Hall–Kier alpha value is -2.70.